The molecule has 8 heteroatoms. The fourth-order valence-electron chi connectivity index (χ4n) is 2.07. The van der Waals surface area contributed by atoms with Crippen LogP contribution in [0, 0.1) is 15.9 Å². The summed E-state index contributed by atoms with van der Waals surface area (Å²) in [6.07, 6.45) is -0.307. The lowest BCUT2D eigenvalue weighted by Gasteiger charge is -2.16. The van der Waals surface area contributed by atoms with E-state index in [-0.39, 0.29) is 29.5 Å². The Morgan fingerprint density at radius 3 is 2.68 bits per heavy atom. The summed E-state index contributed by atoms with van der Waals surface area (Å²) in [7, 11) is 0. The van der Waals surface area contributed by atoms with Gasteiger partial charge in [-0.15, -0.1) is 0 Å². The molecule has 0 aliphatic carbocycles. The maximum absolute atomic E-state index is 13.8. The second-order valence-electron chi connectivity index (χ2n) is 4.46. The molecule has 0 spiro atoms. The molecule has 1 aromatic rings. The Bertz CT molecular complexity index is 525. The lowest BCUT2D eigenvalue weighted by atomic mass is 10.1. The number of nitro groups is 1. The number of halogens is 4. The van der Waals surface area contributed by atoms with Crippen molar-refractivity contribution < 1.29 is 18.1 Å². The monoisotopic (exact) mass is 338 g/mol. The van der Waals surface area contributed by atoms with Gasteiger partial charge in [0.15, 0.2) is 0 Å². The zero-order valence-corrected chi connectivity index (χ0v) is 11.3. The molecule has 0 atom stereocenters. The van der Waals surface area contributed by atoms with E-state index in [2.05, 4.69) is 15.9 Å². The molecule has 4 nitrogen and oxygen atoms in total. The highest BCUT2D eigenvalue weighted by Gasteiger charge is 2.39. The third-order valence-corrected chi connectivity index (χ3v) is 3.42. The molecule has 0 N–H and O–H groups in total. The van der Waals surface area contributed by atoms with Crippen LogP contribution >= 0.6 is 15.9 Å². The van der Waals surface area contributed by atoms with Crippen molar-refractivity contribution in [2.45, 2.75) is 18.9 Å². The van der Waals surface area contributed by atoms with E-state index in [9.17, 15) is 23.3 Å². The quantitative estimate of drug-likeness (QED) is 0.627. The molecule has 0 radical (unpaired) electrons. The van der Waals surface area contributed by atoms with Crippen molar-refractivity contribution >= 4 is 21.6 Å². The summed E-state index contributed by atoms with van der Waals surface area (Å²) in [5.41, 5.74) is -0.562. The number of nitrogens with zero attached hydrogens (tertiary/aromatic N) is 2. The standard InChI is InChI=1S/C11H10BrF3N2O2/c12-7-3-9(13)8(10(4-7)17(18)19)5-16-2-1-11(14,15)6-16/h3-4H,1-2,5-6H2. The second kappa shape index (κ2) is 5.09. The van der Waals surface area contributed by atoms with Gasteiger partial charge >= 0.3 is 0 Å². The summed E-state index contributed by atoms with van der Waals surface area (Å²) in [6, 6.07) is 2.27. The van der Waals surface area contributed by atoms with Gasteiger partial charge in [-0.3, -0.25) is 15.0 Å². The molecule has 0 bridgehead atoms. The molecule has 1 fully saturated rings. The van der Waals surface area contributed by atoms with E-state index in [0.29, 0.717) is 0 Å². The highest BCUT2D eigenvalue weighted by Crippen LogP contribution is 2.32. The summed E-state index contributed by atoms with van der Waals surface area (Å²) in [6.45, 7) is -0.593. The number of hydrogen-bond acceptors (Lipinski definition) is 3. The molecule has 0 amide bonds. The van der Waals surface area contributed by atoms with Crippen molar-refractivity contribution in [2.75, 3.05) is 13.1 Å². The second-order valence-corrected chi connectivity index (χ2v) is 5.37. The molecule has 1 aliphatic rings. The van der Waals surface area contributed by atoms with Crippen LogP contribution in [0.3, 0.4) is 0 Å². The first-order chi connectivity index (χ1) is 8.78. The third kappa shape index (κ3) is 3.24. The van der Waals surface area contributed by atoms with Gasteiger partial charge in [0.25, 0.3) is 11.6 Å². The third-order valence-electron chi connectivity index (χ3n) is 2.96. The number of rotatable bonds is 3. The van der Waals surface area contributed by atoms with Gasteiger partial charge in [0.2, 0.25) is 0 Å². The average Bonchev–Trinajstić information content (AvgIpc) is 2.61. The zero-order valence-electron chi connectivity index (χ0n) is 9.71. The number of likely N-dealkylation sites (tertiary alicyclic amines) is 1. The molecule has 19 heavy (non-hydrogen) atoms. The van der Waals surface area contributed by atoms with Gasteiger partial charge < -0.3 is 0 Å². The smallest absolute Gasteiger partial charge is 0.277 e. The van der Waals surface area contributed by atoms with E-state index in [1.807, 2.05) is 0 Å². The van der Waals surface area contributed by atoms with E-state index in [4.69, 9.17) is 0 Å². The normalized spacial score (nSPS) is 18.7. The van der Waals surface area contributed by atoms with Crippen LogP contribution in [0.5, 0.6) is 0 Å². The lowest BCUT2D eigenvalue weighted by Crippen LogP contribution is -2.25. The van der Waals surface area contributed by atoms with Crippen molar-refractivity contribution in [2.24, 2.45) is 0 Å². The Hall–Kier alpha value is -1.15. The van der Waals surface area contributed by atoms with Crippen molar-refractivity contribution in [1.29, 1.82) is 0 Å². The summed E-state index contributed by atoms with van der Waals surface area (Å²) in [4.78, 5) is 11.5. The molecular weight excluding hydrogens is 329 g/mol. The predicted octanol–water partition coefficient (Wildman–Crippen LogP) is 3.34. The number of alkyl halides is 2. The van der Waals surface area contributed by atoms with Crippen LogP contribution in [0.15, 0.2) is 16.6 Å². The van der Waals surface area contributed by atoms with E-state index in [1.54, 1.807) is 0 Å². The zero-order chi connectivity index (χ0) is 14.2. The Labute approximate surface area is 115 Å². The van der Waals surface area contributed by atoms with Crippen molar-refractivity contribution in [3.8, 4) is 0 Å². The van der Waals surface area contributed by atoms with Crippen molar-refractivity contribution in [3.05, 3.63) is 38.1 Å². The maximum atomic E-state index is 13.8. The highest BCUT2D eigenvalue weighted by atomic mass is 79.9. The highest BCUT2D eigenvalue weighted by molar-refractivity contribution is 9.10. The Kier molecular flexibility index (Phi) is 3.82. The van der Waals surface area contributed by atoms with Gasteiger partial charge in [0, 0.05) is 30.0 Å². The van der Waals surface area contributed by atoms with Gasteiger partial charge in [-0.05, 0) is 6.07 Å². The SMILES string of the molecule is O=[N+]([O-])c1cc(Br)cc(F)c1CN1CCC(F)(F)C1. The molecule has 1 heterocycles. The topological polar surface area (TPSA) is 46.4 Å². The summed E-state index contributed by atoms with van der Waals surface area (Å²) >= 11 is 2.97. The minimum Gasteiger partial charge on any atom is -0.293 e. The first-order valence-electron chi connectivity index (χ1n) is 5.51. The van der Waals surface area contributed by atoms with E-state index in [1.165, 1.54) is 11.0 Å². The van der Waals surface area contributed by atoms with E-state index >= 15 is 0 Å². The number of hydrogen-bond donors (Lipinski definition) is 0. The van der Waals surface area contributed by atoms with Crippen molar-refractivity contribution in [1.82, 2.24) is 4.90 Å². The van der Waals surface area contributed by atoms with Crippen molar-refractivity contribution in [3.63, 3.8) is 0 Å². The fourth-order valence-corrected chi connectivity index (χ4v) is 2.49. The molecular formula is C11H10BrF3N2O2. The minimum atomic E-state index is -2.80. The minimum absolute atomic E-state index is 0.0969. The van der Waals surface area contributed by atoms with Crippen LogP contribution in [0.1, 0.15) is 12.0 Å². The Morgan fingerprint density at radius 1 is 1.47 bits per heavy atom. The van der Waals surface area contributed by atoms with Gasteiger partial charge in [0.1, 0.15) is 5.82 Å². The molecule has 104 valence electrons. The molecule has 0 aromatic heterocycles. The van der Waals surface area contributed by atoms with Gasteiger partial charge in [0.05, 0.1) is 17.0 Å². The number of benzene rings is 1. The predicted molar refractivity (Wildman–Crippen MR) is 65.6 cm³/mol. The summed E-state index contributed by atoms with van der Waals surface area (Å²) in [5.74, 6) is -3.57. The molecule has 0 unspecified atom stereocenters. The largest absolute Gasteiger partial charge is 0.293 e. The first kappa shape index (κ1) is 14.3. The maximum Gasteiger partial charge on any atom is 0.277 e. The first-order valence-corrected chi connectivity index (χ1v) is 6.30. The van der Waals surface area contributed by atoms with Gasteiger partial charge in [-0.2, -0.15) is 0 Å². The molecule has 2 rings (SSSR count). The Morgan fingerprint density at radius 2 is 2.16 bits per heavy atom. The lowest BCUT2D eigenvalue weighted by molar-refractivity contribution is -0.386. The summed E-state index contributed by atoms with van der Waals surface area (Å²) < 4.78 is 40.1. The van der Waals surface area contributed by atoms with Crippen LogP contribution < -0.4 is 0 Å². The van der Waals surface area contributed by atoms with E-state index < -0.39 is 28.9 Å². The van der Waals surface area contributed by atoms with Crippen LogP contribution in [0.2, 0.25) is 0 Å². The average molecular weight is 339 g/mol. The Balaban J connectivity index is 2.27. The number of nitro benzene ring substituents is 1. The summed E-state index contributed by atoms with van der Waals surface area (Å²) in [5, 5.41) is 10.9. The molecule has 1 aromatic carbocycles. The van der Waals surface area contributed by atoms with Crippen LogP contribution in [0.25, 0.3) is 0 Å². The van der Waals surface area contributed by atoms with Crippen LogP contribution in [0.4, 0.5) is 18.9 Å². The molecule has 1 saturated heterocycles. The van der Waals surface area contributed by atoms with Crippen LogP contribution in [-0.2, 0) is 6.54 Å². The van der Waals surface area contributed by atoms with E-state index in [0.717, 1.165) is 6.07 Å². The molecule has 0 saturated carbocycles. The van der Waals surface area contributed by atoms with Gasteiger partial charge in [-0.25, -0.2) is 13.2 Å². The molecule has 1 aliphatic heterocycles. The van der Waals surface area contributed by atoms with Gasteiger partial charge in [-0.1, -0.05) is 15.9 Å². The fraction of sp³-hybridized carbons (Fsp3) is 0.455. The van der Waals surface area contributed by atoms with Crippen LogP contribution in [-0.4, -0.2) is 28.8 Å².